The molecule has 0 aliphatic heterocycles. The molecule has 0 saturated carbocycles. The summed E-state index contributed by atoms with van der Waals surface area (Å²) in [6.07, 6.45) is 0. The molecule has 1 heterocycles. The van der Waals surface area contributed by atoms with E-state index in [1.807, 2.05) is 19.1 Å². The quantitative estimate of drug-likeness (QED) is 0.121. The van der Waals surface area contributed by atoms with Crippen LogP contribution < -0.4 is 0 Å². The summed E-state index contributed by atoms with van der Waals surface area (Å²) in [5.74, 6) is -0.757. The molecule has 0 amide bonds. The van der Waals surface area contributed by atoms with Crippen LogP contribution in [0.5, 0.6) is 5.75 Å². The first-order chi connectivity index (χ1) is 17.8. The number of hydrogen-bond acceptors (Lipinski definition) is 9. The van der Waals surface area contributed by atoms with Gasteiger partial charge in [-0.2, -0.15) is 21.9 Å². The van der Waals surface area contributed by atoms with Crippen molar-refractivity contribution in [1.29, 1.82) is 0 Å². The maximum atomic E-state index is 12.1. The SMILES string of the molecule is Cc1ccc2nc(-c3ccc(N=Nc4c(S(=O)(=O)O)cc5cc(S(=O)(=O)O)cc(Cl)c5c4O)cc3)sc2c1.[Na].[Na]. The summed E-state index contributed by atoms with van der Waals surface area (Å²) in [4.78, 5) is 3.16. The minimum absolute atomic E-state index is 0. The second-order valence-electron chi connectivity index (χ2n) is 8.26. The molecular formula is C24H16ClN3Na2O7S3. The third-order valence-electron chi connectivity index (χ3n) is 5.57. The summed E-state index contributed by atoms with van der Waals surface area (Å²) in [7, 11) is -9.64. The molecule has 0 fully saturated rings. The predicted octanol–water partition coefficient (Wildman–Crippen LogP) is 5.93. The first-order valence-corrected chi connectivity index (χ1v) is 14.7. The first-order valence-electron chi connectivity index (χ1n) is 10.6. The second-order valence-corrected chi connectivity index (χ2v) is 12.5. The van der Waals surface area contributed by atoms with E-state index in [4.69, 9.17) is 11.6 Å². The van der Waals surface area contributed by atoms with E-state index in [9.17, 15) is 31.0 Å². The largest absolute Gasteiger partial charge is 0.505 e. The Morgan fingerprint density at radius 1 is 0.875 bits per heavy atom. The number of phenolic OH excluding ortho intramolecular Hbond substituents is 1. The number of aromatic hydroxyl groups is 1. The van der Waals surface area contributed by atoms with Gasteiger partial charge in [-0.15, -0.1) is 16.5 Å². The standard InChI is InChI=1S/C24H16ClN3O7S3.2Na/c1-12-2-7-18-19(8-12)36-24(26-18)13-3-5-15(6-4-13)27-28-22-20(38(33,34)35)10-14-9-16(37(30,31)32)11-17(25)21(14)23(22)29;;/h2-11,29H,1H3,(H,30,31,32)(H,33,34,35);;. The summed E-state index contributed by atoms with van der Waals surface area (Å²) < 4.78 is 67.3. The average molecular weight is 636 g/mol. The fourth-order valence-electron chi connectivity index (χ4n) is 3.79. The van der Waals surface area contributed by atoms with E-state index in [1.54, 1.807) is 24.3 Å². The number of fused-ring (bicyclic) bond motifs is 2. The Bertz CT molecular complexity index is 2020. The maximum absolute atomic E-state index is 12.1. The van der Waals surface area contributed by atoms with Crippen molar-refractivity contribution in [1.82, 2.24) is 4.98 Å². The van der Waals surface area contributed by atoms with Crippen LogP contribution in [0.15, 0.2) is 80.7 Å². The topological polar surface area (TPSA) is 167 Å². The van der Waals surface area contributed by atoms with E-state index < -0.39 is 41.5 Å². The molecule has 2 radical (unpaired) electrons. The molecule has 40 heavy (non-hydrogen) atoms. The minimum atomic E-state index is -4.95. The van der Waals surface area contributed by atoms with Gasteiger partial charge in [0.1, 0.15) is 15.6 Å². The summed E-state index contributed by atoms with van der Waals surface area (Å²) in [5.41, 5.74) is 2.54. The van der Waals surface area contributed by atoms with Crippen LogP contribution in [0.3, 0.4) is 0 Å². The van der Waals surface area contributed by atoms with Crippen molar-refractivity contribution in [2.75, 3.05) is 0 Å². The van der Waals surface area contributed by atoms with Crippen molar-refractivity contribution >= 4 is 135 Å². The number of nitrogens with zero attached hydrogens (tertiary/aromatic N) is 3. The van der Waals surface area contributed by atoms with Crippen LogP contribution in [0, 0.1) is 6.92 Å². The molecule has 16 heteroatoms. The number of thiazole rings is 1. The van der Waals surface area contributed by atoms with Gasteiger partial charge in [-0.05, 0) is 72.5 Å². The molecule has 10 nitrogen and oxygen atoms in total. The fourth-order valence-corrected chi connectivity index (χ4v) is 6.44. The van der Waals surface area contributed by atoms with Gasteiger partial charge < -0.3 is 5.11 Å². The number of rotatable bonds is 5. The van der Waals surface area contributed by atoms with E-state index in [-0.39, 0.29) is 74.9 Å². The molecule has 0 unspecified atom stereocenters. The van der Waals surface area contributed by atoms with Gasteiger partial charge in [-0.25, -0.2) is 4.98 Å². The molecule has 0 bridgehead atoms. The molecule has 0 spiro atoms. The molecule has 4 aromatic carbocycles. The smallest absolute Gasteiger partial charge is 0.296 e. The van der Waals surface area contributed by atoms with Gasteiger partial charge in [0.05, 0.1) is 25.8 Å². The maximum Gasteiger partial charge on any atom is 0.296 e. The van der Waals surface area contributed by atoms with Crippen molar-refractivity contribution in [3.05, 3.63) is 71.2 Å². The van der Waals surface area contributed by atoms with Gasteiger partial charge in [0.2, 0.25) is 0 Å². The van der Waals surface area contributed by atoms with E-state index >= 15 is 0 Å². The van der Waals surface area contributed by atoms with Crippen molar-refractivity contribution in [2.24, 2.45) is 10.2 Å². The zero-order valence-corrected chi connectivity index (χ0v) is 28.4. The van der Waals surface area contributed by atoms with Crippen LogP contribution in [0.1, 0.15) is 5.56 Å². The monoisotopic (exact) mass is 635 g/mol. The van der Waals surface area contributed by atoms with Gasteiger partial charge in [0.15, 0.2) is 5.75 Å². The van der Waals surface area contributed by atoms with Crippen LogP contribution in [0.4, 0.5) is 11.4 Å². The van der Waals surface area contributed by atoms with E-state index in [0.717, 1.165) is 44.6 Å². The molecule has 3 N–H and O–H groups in total. The first kappa shape index (κ1) is 33.0. The molecule has 5 aromatic rings. The number of azo groups is 1. The Kier molecular flexibility index (Phi) is 10.3. The van der Waals surface area contributed by atoms with E-state index in [1.165, 1.54) is 11.3 Å². The molecular weight excluding hydrogens is 620 g/mol. The molecule has 0 aliphatic rings. The Labute approximate surface area is 282 Å². The number of phenols is 1. The molecule has 1 aromatic heterocycles. The molecule has 0 aliphatic carbocycles. The number of benzene rings is 4. The average Bonchev–Trinajstić information content (AvgIpc) is 3.25. The summed E-state index contributed by atoms with van der Waals surface area (Å²) in [6, 6.07) is 15.4. The Hall–Kier alpha value is -1.46. The van der Waals surface area contributed by atoms with Crippen molar-refractivity contribution < 1.29 is 31.0 Å². The van der Waals surface area contributed by atoms with Crippen LogP contribution in [-0.2, 0) is 20.2 Å². The number of halogens is 1. The normalized spacial score (nSPS) is 12.0. The Morgan fingerprint density at radius 2 is 1.55 bits per heavy atom. The fraction of sp³-hybridized carbons (Fsp3) is 0.0417. The van der Waals surface area contributed by atoms with Crippen LogP contribution in [0.2, 0.25) is 5.02 Å². The van der Waals surface area contributed by atoms with Crippen molar-refractivity contribution in [2.45, 2.75) is 16.7 Å². The zero-order valence-electron chi connectivity index (χ0n) is 21.2. The summed E-state index contributed by atoms with van der Waals surface area (Å²) >= 11 is 7.65. The second kappa shape index (κ2) is 12.4. The molecule has 0 saturated heterocycles. The van der Waals surface area contributed by atoms with Gasteiger partial charge in [-0.3, -0.25) is 9.11 Å². The van der Waals surface area contributed by atoms with Crippen LogP contribution in [0.25, 0.3) is 31.6 Å². The van der Waals surface area contributed by atoms with Gasteiger partial charge in [0, 0.05) is 70.1 Å². The summed E-state index contributed by atoms with van der Waals surface area (Å²) in [5, 5.41) is 18.8. The zero-order chi connectivity index (χ0) is 27.4. The minimum Gasteiger partial charge on any atom is -0.505 e. The molecule has 0 atom stereocenters. The van der Waals surface area contributed by atoms with E-state index in [0.29, 0.717) is 5.69 Å². The van der Waals surface area contributed by atoms with Gasteiger partial charge in [-0.1, -0.05) is 17.7 Å². The number of hydrogen-bond donors (Lipinski definition) is 3. The molecule has 196 valence electrons. The van der Waals surface area contributed by atoms with Gasteiger partial charge in [0.25, 0.3) is 20.2 Å². The Balaban J connectivity index is 0.00000220. The van der Waals surface area contributed by atoms with Crippen molar-refractivity contribution in [3.8, 4) is 16.3 Å². The van der Waals surface area contributed by atoms with Crippen molar-refractivity contribution in [3.63, 3.8) is 0 Å². The van der Waals surface area contributed by atoms with Gasteiger partial charge >= 0.3 is 0 Å². The third kappa shape index (κ3) is 6.77. The van der Waals surface area contributed by atoms with Crippen LogP contribution in [-0.4, -0.2) is 95.1 Å². The van der Waals surface area contributed by atoms with Crippen LogP contribution >= 0.6 is 22.9 Å². The number of aryl methyl sites for hydroxylation is 1. The number of aromatic nitrogens is 1. The predicted molar refractivity (Wildman–Crippen MR) is 156 cm³/mol. The Morgan fingerprint density at radius 3 is 2.17 bits per heavy atom. The van der Waals surface area contributed by atoms with E-state index in [2.05, 4.69) is 21.3 Å². The molecule has 5 rings (SSSR count). The summed E-state index contributed by atoms with van der Waals surface area (Å²) in [6.45, 7) is 2.00. The third-order valence-corrected chi connectivity index (χ3v) is 8.64.